The second kappa shape index (κ2) is 5.50. The summed E-state index contributed by atoms with van der Waals surface area (Å²) in [5.41, 5.74) is 5.66. The first-order chi connectivity index (χ1) is 7.16. The summed E-state index contributed by atoms with van der Waals surface area (Å²) in [5.74, 6) is 2.01. The average Bonchev–Trinajstić information content (AvgIpc) is 2.68. The Kier molecular flexibility index (Phi) is 4.56. The van der Waals surface area contributed by atoms with Crippen molar-refractivity contribution in [2.75, 3.05) is 18.0 Å². The molecule has 0 radical (unpaired) electrons. The van der Waals surface area contributed by atoms with Crippen LogP contribution in [0, 0.1) is 5.92 Å². The molecule has 0 aromatic carbocycles. The number of piperidine rings is 1. The van der Waals surface area contributed by atoms with Gasteiger partial charge in [0, 0.05) is 13.1 Å². The van der Waals surface area contributed by atoms with Gasteiger partial charge in [0.2, 0.25) is 5.89 Å². The zero-order valence-corrected chi connectivity index (χ0v) is 10.5. The summed E-state index contributed by atoms with van der Waals surface area (Å²) in [6, 6.07) is -0.185. The van der Waals surface area contributed by atoms with Crippen molar-refractivity contribution >= 4 is 18.4 Å². The van der Waals surface area contributed by atoms with Crippen molar-refractivity contribution in [1.29, 1.82) is 0 Å². The Balaban J connectivity index is 0.00000128. The van der Waals surface area contributed by atoms with Gasteiger partial charge in [0.05, 0.1) is 6.04 Å². The minimum atomic E-state index is -0.185. The van der Waals surface area contributed by atoms with Gasteiger partial charge in [0.25, 0.3) is 5.95 Å². The average molecular weight is 247 g/mol. The summed E-state index contributed by atoms with van der Waals surface area (Å²) in [5, 5.41) is 3.95. The number of nitrogens with two attached hydrogens (primary N) is 1. The lowest BCUT2D eigenvalue weighted by Gasteiger charge is -2.28. The highest BCUT2D eigenvalue weighted by atomic mass is 35.5. The standard InChI is InChI=1S/C10H18N4O.ClH/c1-7-3-5-14(6-4-7)10-12-9(8(2)11)15-13-10;/h7-8H,3-6,11H2,1-2H3;1H/t8-;/m0./s1. The third-order valence-electron chi connectivity index (χ3n) is 2.89. The zero-order chi connectivity index (χ0) is 10.8. The van der Waals surface area contributed by atoms with Crippen LogP contribution in [0.2, 0.25) is 0 Å². The first-order valence-electron chi connectivity index (χ1n) is 5.51. The predicted molar refractivity (Wildman–Crippen MR) is 64.8 cm³/mol. The van der Waals surface area contributed by atoms with E-state index in [-0.39, 0.29) is 18.4 Å². The van der Waals surface area contributed by atoms with Crippen LogP contribution >= 0.6 is 12.4 Å². The predicted octanol–water partition coefficient (Wildman–Crippen LogP) is 1.75. The van der Waals surface area contributed by atoms with Crippen molar-refractivity contribution in [3.8, 4) is 0 Å². The van der Waals surface area contributed by atoms with Crippen molar-refractivity contribution in [3.63, 3.8) is 0 Å². The Hall–Kier alpha value is -0.810. The van der Waals surface area contributed by atoms with E-state index in [1.54, 1.807) is 0 Å². The topological polar surface area (TPSA) is 68.2 Å². The van der Waals surface area contributed by atoms with Gasteiger partial charge >= 0.3 is 0 Å². The lowest BCUT2D eigenvalue weighted by atomic mass is 10.00. The molecule has 1 aliphatic heterocycles. The highest BCUT2D eigenvalue weighted by Crippen LogP contribution is 2.21. The number of aromatic nitrogens is 2. The van der Waals surface area contributed by atoms with Crippen molar-refractivity contribution < 1.29 is 4.52 Å². The van der Waals surface area contributed by atoms with Crippen molar-refractivity contribution in [1.82, 2.24) is 10.1 Å². The molecule has 0 aliphatic carbocycles. The second-order valence-corrected chi connectivity index (χ2v) is 4.39. The molecule has 92 valence electrons. The maximum absolute atomic E-state index is 5.66. The van der Waals surface area contributed by atoms with Gasteiger partial charge in [0.15, 0.2) is 0 Å². The monoisotopic (exact) mass is 246 g/mol. The van der Waals surface area contributed by atoms with E-state index in [1.165, 1.54) is 12.8 Å². The van der Waals surface area contributed by atoms with E-state index in [9.17, 15) is 0 Å². The van der Waals surface area contributed by atoms with Gasteiger partial charge in [-0.05, 0) is 30.8 Å². The molecule has 1 atom stereocenters. The van der Waals surface area contributed by atoms with Crippen LogP contribution < -0.4 is 10.6 Å². The Morgan fingerprint density at radius 3 is 2.56 bits per heavy atom. The number of hydrogen-bond acceptors (Lipinski definition) is 5. The number of rotatable bonds is 2. The second-order valence-electron chi connectivity index (χ2n) is 4.39. The SMILES string of the molecule is CC1CCN(c2noc([C@H](C)N)n2)CC1.Cl. The molecule has 2 rings (SSSR count). The quantitative estimate of drug-likeness (QED) is 0.861. The molecule has 0 amide bonds. The molecule has 1 aliphatic rings. The molecule has 1 aromatic rings. The molecular formula is C10H19ClN4O. The van der Waals surface area contributed by atoms with Crippen LogP contribution in [0.15, 0.2) is 4.52 Å². The van der Waals surface area contributed by atoms with Gasteiger partial charge in [-0.25, -0.2) is 0 Å². The Bertz CT molecular complexity index is 320. The Labute approximate surface area is 102 Å². The first-order valence-corrected chi connectivity index (χ1v) is 5.51. The fourth-order valence-corrected chi connectivity index (χ4v) is 1.75. The smallest absolute Gasteiger partial charge is 0.266 e. The fraction of sp³-hybridized carbons (Fsp3) is 0.800. The van der Waals surface area contributed by atoms with E-state index < -0.39 is 0 Å². The zero-order valence-electron chi connectivity index (χ0n) is 9.72. The van der Waals surface area contributed by atoms with Gasteiger partial charge in [-0.15, -0.1) is 12.4 Å². The van der Waals surface area contributed by atoms with Crippen molar-refractivity contribution in [2.24, 2.45) is 11.7 Å². The van der Waals surface area contributed by atoms with Crippen molar-refractivity contribution in [3.05, 3.63) is 5.89 Å². The third-order valence-corrected chi connectivity index (χ3v) is 2.89. The van der Waals surface area contributed by atoms with Crippen LogP contribution in [0.3, 0.4) is 0 Å². The lowest BCUT2D eigenvalue weighted by molar-refractivity contribution is 0.358. The molecule has 0 spiro atoms. The summed E-state index contributed by atoms with van der Waals surface area (Å²) >= 11 is 0. The number of halogens is 1. The summed E-state index contributed by atoms with van der Waals surface area (Å²) in [6.07, 6.45) is 2.39. The van der Waals surface area contributed by atoms with Crippen LogP contribution in [0.1, 0.15) is 38.6 Å². The Morgan fingerprint density at radius 1 is 1.44 bits per heavy atom. The van der Waals surface area contributed by atoms with E-state index in [0.717, 1.165) is 19.0 Å². The summed E-state index contributed by atoms with van der Waals surface area (Å²) in [4.78, 5) is 6.44. The summed E-state index contributed by atoms with van der Waals surface area (Å²) in [7, 11) is 0. The number of anilines is 1. The molecular weight excluding hydrogens is 228 g/mol. The van der Waals surface area contributed by atoms with Crippen LogP contribution in [-0.2, 0) is 0 Å². The minimum absolute atomic E-state index is 0. The Morgan fingerprint density at radius 2 is 2.06 bits per heavy atom. The maximum Gasteiger partial charge on any atom is 0.266 e. The lowest BCUT2D eigenvalue weighted by Crippen LogP contribution is -2.33. The maximum atomic E-state index is 5.66. The van der Waals surface area contributed by atoms with E-state index in [2.05, 4.69) is 22.0 Å². The van der Waals surface area contributed by atoms with E-state index >= 15 is 0 Å². The van der Waals surface area contributed by atoms with Gasteiger partial charge in [0.1, 0.15) is 0 Å². The summed E-state index contributed by atoms with van der Waals surface area (Å²) < 4.78 is 5.08. The molecule has 2 heterocycles. The molecule has 1 aromatic heterocycles. The highest BCUT2D eigenvalue weighted by Gasteiger charge is 2.20. The number of nitrogens with zero attached hydrogens (tertiary/aromatic N) is 3. The van der Waals surface area contributed by atoms with E-state index in [4.69, 9.17) is 10.3 Å². The molecule has 1 saturated heterocycles. The number of hydrogen-bond donors (Lipinski definition) is 1. The molecule has 5 nitrogen and oxygen atoms in total. The van der Waals surface area contributed by atoms with Gasteiger partial charge in [-0.2, -0.15) is 4.98 Å². The van der Waals surface area contributed by atoms with Crippen LogP contribution in [0.25, 0.3) is 0 Å². The van der Waals surface area contributed by atoms with Crippen LogP contribution in [0.4, 0.5) is 5.95 Å². The normalized spacial score (nSPS) is 19.3. The molecule has 2 N–H and O–H groups in total. The highest BCUT2D eigenvalue weighted by molar-refractivity contribution is 5.85. The van der Waals surface area contributed by atoms with E-state index in [1.807, 2.05) is 6.92 Å². The molecule has 6 heteroatoms. The fourth-order valence-electron chi connectivity index (χ4n) is 1.75. The summed E-state index contributed by atoms with van der Waals surface area (Å²) in [6.45, 7) is 6.15. The first kappa shape index (κ1) is 13.3. The van der Waals surface area contributed by atoms with Gasteiger partial charge in [-0.1, -0.05) is 6.92 Å². The molecule has 0 saturated carbocycles. The molecule has 16 heavy (non-hydrogen) atoms. The van der Waals surface area contributed by atoms with Gasteiger partial charge in [-0.3, -0.25) is 0 Å². The molecule has 0 bridgehead atoms. The molecule has 0 unspecified atom stereocenters. The minimum Gasteiger partial charge on any atom is -0.338 e. The largest absolute Gasteiger partial charge is 0.338 e. The third kappa shape index (κ3) is 2.86. The molecule has 1 fully saturated rings. The van der Waals surface area contributed by atoms with E-state index in [0.29, 0.717) is 11.8 Å². The van der Waals surface area contributed by atoms with Crippen molar-refractivity contribution in [2.45, 2.75) is 32.7 Å². The van der Waals surface area contributed by atoms with Crippen LogP contribution in [0.5, 0.6) is 0 Å². The van der Waals surface area contributed by atoms with Crippen LogP contribution in [-0.4, -0.2) is 23.2 Å². The van der Waals surface area contributed by atoms with Gasteiger partial charge < -0.3 is 15.2 Å².